The Morgan fingerprint density at radius 2 is 1.85 bits per heavy atom. The summed E-state index contributed by atoms with van der Waals surface area (Å²) in [6, 6.07) is 14.1. The number of amides is 2. The van der Waals surface area contributed by atoms with Gasteiger partial charge >= 0.3 is 0 Å². The summed E-state index contributed by atoms with van der Waals surface area (Å²) in [5.74, 6) is -0.0235. The van der Waals surface area contributed by atoms with Gasteiger partial charge in [-0.3, -0.25) is 19.5 Å². The van der Waals surface area contributed by atoms with E-state index in [0.717, 1.165) is 10.7 Å². The average molecular weight is 534 g/mol. The standard InChI is InChI=1S/C21H17Cl2N7O2S2/c1-12-26-28-20(34-12)25-18(31)11-33-21-29-27-17(30(21)14-5-3-2-4-6-14)10-24-19(32)15-8-7-13(22)9-16(15)23/h2-9H,10-11H2,1H3,(H,24,32)(H,25,28,31). The van der Waals surface area contributed by atoms with Crippen molar-refractivity contribution in [2.24, 2.45) is 0 Å². The third-order valence-electron chi connectivity index (χ3n) is 4.40. The van der Waals surface area contributed by atoms with E-state index in [1.54, 1.807) is 16.7 Å². The van der Waals surface area contributed by atoms with Crippen LogP contribution in [0.15, 0.2) is 53.7 Å². The summed E-state index contributed by atoms with van der Waals surface area (Å²) in [6.45, 7) is 1.90. The maximum absolute atomic E-state index is 12.6. The van der Waals surface area contributed by atoms with Gasteiger partial charge in [0.1, 0.15) is 5.01 Å². The van der Waals surface area contributed by atoms with E-state index in [9.17, 15) is 9.59 Å². The zero-order valence-corrected chi connectivity index (χ0v) is 20.8. The van der Waals surface area contributed by atoms with Gasteiger partial charge in [-0.25, -0.2) is 0 Å². The van der Waals surface area contributed by atoms with Crippen molar-refractivity contribution in [2.75, 3.05) is 11.1 Å². The summed E-state index contributed by atoms with van der Waals surface area (Å²) in [5.41, 5.74) is 1.10. The predicted molar refractivity (Wildman–Crippen MR) is 133 cm³/mol. The van der Waals surface area contributed by atoms with Crippen LogP contribution in [0.4, 0.5) is 5.13 Å². The third kappa shape index (κ3) is 5.92. The highest BCUT2D eigenvalue weighted by Gasteiger charge is 2.18. The summed E-state index contributed by atoms with van der Waals surface area (Å²) >= 11 is 14.6. The molecule has 4 rings (SSSR count). The van der Waals surface area contributed by atoms with Crippen molar-refractivity contribution >= 4 is 63.2 Å². The van der Waals surface area contributed by atoms with Gasteiger partial charge in [0.15, 0.2) is 11.0 Å². The number of nitrogens with one attached hydrogen (secondary N) is 2. The Hall–Kier alpha value is -2.99. The lowest BCUT2D eigenvalue weighted by atomic mass is 10.2. The molecule has 34 heavy (non-hydrogen) atoms. The molecule has 174 valence electrons. The molecular formula is C21H17Cl2N7O2S2. The number of rotatable bonds is 8. The molecule has 0 radical (unpaired) electrons. The van der Waals surface area contributed by atoms with E-state index in [1.807, 2.05) is 37.3 Å². The quantitative estimate of drug-likeness (QED) is 0.322. The molecule has 0 saturated carbocycles. The number of aryl methyl sites for hydroxylation is 1. The fourth-order valence-corrected chi connectivity index (χ4v) is 4.78. The second kappa shape index (κ2) is 11.0. The first kappa shape index (κ1) is 24.1. The monoisotopic (exact) mass is 533 g/mol. The number of benzene rings is 2. The van der Waals surface area contributed by atoms with Crippen LogP contribution in [0, 0.1) is 6.92 Å². The maximum Gasteiger partial charge on any atom is 0.253 e. The molecule has 0 unspecified atom stereocenters. The number of carbonyl (C=O) groups excluding carboxylic acids is 2. The van der Waals surface area contributed by atoms with Crippen LogP contribution in [-0.4, -0.2) is 42.5 Å². The molecule has 2 aromatic carbocycles. The molecule has 2 heterocycles. The number of para-hydroxylation sites is 1. The van der Waals surface area contributed by atoms with Crippen LogP contribution in [0.3, 0.4) is 0 Å². The van der Waals surface area contributed by atoms with E-state index in [2.05, 4.69) is 31.0 Å². The first-order valence-electron chi connectivity index (χ1n) is 9.86. The summed E-state index contributed by atoms with van der Waals surface area (Å²) in [7, 11) is 0. The second-order valence-corrected chi connectivity index (χ2v) is 9.81. The Morgan fingerprint density at radius 1 is 1.06 bits per heavy atom. The Kier molecular flexibility index (Phi) is 7.78. The van der Waals surface area contributed by atoms with Crippen molar-refractivity contribution in [1.29, 1.82) is 0 Å². The number of hydrogen-bond donors (Lipinski definition) is 2. The minimum absolute atomic E-state index is 0.0936. The number of nitrogens with zero attached hydrogens (tertiary/aromatic N) is 5. The Morgan fingerprint density at radius 3 is 2.56 bits per heavy atom. The number of anilines is 1. The number of hydrogen-bond acceptors (Lipinski definition) is 8. The number of aromatic nitrogens is 5. The van der Waals surface area contributed by atoms with Crippen molar-refractivity contribution in [3.05, 3.63) is 75.0 Å². The van der Waals surface area contributed by atoms with Gasteiger partial charge in [0.25, 0.3) is 5.91 Å². The van der Waals surface area contributed by atoms with Crippen LogP contribution in [0.5, 0.6) is 0 Å². The summed E-state index contributed by atoms with van der Waals surface area (Å²) < 4.78 is 1.79. The molecule has 0 aliphatic carbocycles. The highest BCUT2D eigenvalue weighted by atomic mass is 35.5. The van der Waals surface area contributed by atoms with Gasteiger partial charge in [0.05, 0.1) is 22.9 Å². The highest BCUT2D eigenvalue weighted by Crippen LogP contribution is 2.24. The Labute approximate surface area is 212 Å². The molecule has 4 aromatic rings. The molecule has 2 amide bonds. The molecule has 2 N–H and O–H groups in total. The molecule has 0 fully saturated rings. The minimum Gasteiger partial charge on any atom is -0.345 e. The van der Waals surface area contributed by atoms with Gasteiger partial charge in [-0.1, -0.05) is 64.5 Å². The Bertz CT molecular complexity index is 1330. The van der Waals surface area contributed by atoms with Gasteiger partial charge in [-0.15, -0.1) is 20.4 Å². The van der Waals surface area contributed by atoms with E-state index in [1.165, 1.54) is 29.2 Å². The van der Waals surface area contributed by atoms with Crippen LogP contribution < -0.4 is 10.6 Å². The van der Waals surface area contributed by atoms with Crippen LogP contribution in [0.25, 0.3) is 5.69 Å². The lowest BCUT2D eigenvalue weighted by molar-refractivity contribution is -0.113. The van der Waals surface area contributed by atoms with E-state index < -0.39 is 0 Å². The van der Waals surface area contributed by atoms with Crippen molar-refractivity contribution in [3.8, 4) is 5.69 Å². The summed E-state index contributed by atoms with van der Waals surface area (Å²) in [5, 5.41) is 24.2. The number of halogens is 2. The van der Waals surface area contributed by atoms with Gasteiger partial charge in [0.2, 0.25) is 11.0 Å². The van der Waals surface area contributed by atoms with Gasteiger partial charge in [-0.2, -0.15) is 0 Å². The van der Waals surface area contributed by atoms with E-state index >= 15 is 0 Å². The molecular weight excluding hydrogens is 517 g/mol. The molecule has 2 aromatic heterocycles. The van der Waals surface area contributed by atoms with E-state index in [0.29, 0.717) is 26.7 Å². The van der Waals surface area contributed by atoms with Crippen molar-refractivity contribution in [2.45, 2.75) is 18.6 Å². The van der Waals surface area contributed by atoms with Crippen LogP contribution in [0.1, 0.15) is 21.2 Å². The molecule has 0 aliphatic heterocycles. The number of carbonyl (C=O) groups is 2. The SMILES string of the molecule is Cc1nnc(NC(=O)CSc2nnc(CNC(=O)c3ccc(Cl)cc3Cl)n2-c2ccccc2)s1. The molecule has 9 nitrogen and oxygen atoms in total. The third-order valence-corrected chi connectivity index (χ3v) is 6.63. The fraction of sp³-hybridized carbons (Fsp3) is 0.143. The second-order valence-electron chi connectivity index (χ2n) is 6.84. The fourth-order valence-electron chi connectivity index (χ4n) is 2.91. The Balaban J connectivity index is 1.49. The smallest absolute Gasteiger partial charge is 0.253 e. The first-order chi connectivity index (χ1) is 16.4. The van der Waals surface area contributed by atoms with E-state index in [-0.39, 0.29) is 29.1 Å². The van der Waals surface area contributed by atoms with Crippen LogP contribution >= 0.6 is 46.3 Å². The topological polar surface area (TPSA) is 115 Å². The zero-order chi connectivity index (χ0) is 24.1. The molecule has 0 bridgehead atoms. The van der Waals surface area contributed by atoms with Crippen LogP contribution in [-0.2, 0) is 11.3 Å². The normalized spacial score (nSPS) is 10.8. The average Bonchev–Trinajstić information content (AvgIpc) is 3.42. The van der Waals surface area contributed by atoms with Crippen molar-refractivity contribution in [3.63, 3.8) is 0 Å². The van der Waals surface area contributed by atoms with Gasteiger partial charge in [0, 0.05) is 10.7 Å². The predicted octanol–water partition coefficient (Wildman–Crippen LogP) is 4.39. The maximum atomic E-state index is 12.6. The van der Waals surface area contributed by atoms with E-state index in [4.69, 9.17) is 23.2 Å². The van der Waals surface area contributed by atoms with Gasteiger partial charge < -0.3 is 5.32 Å². The van der Waals surface area contributed by atoms with Crippen molar-refractivity contribution < 1.29 is 9.59 Å². The van der Waals surface area contributed by atoms with Crippen LogP contribution in [0.2, 0.25) is 10.0 Å². The lowest BCUT2D eigenvalue weighted by Crippen LogP contribution is -2.25. The molecule has 0 spiro atoms. The number of thioether (sulfide) groups is 1. The largest absolute Gasteiger partial charge is 0.345 e. The van der Waals surface area contributed by atoms with Gasteiger partial charge in [-0.05, 0) is 37.3 Å². The molecule has 0 saturated heterocycles. The first-order valence-corrected chi connectivity index (χ1v) is 12.4. The lowest BCUT2D eigenvalue weighted by Gasteiger charge is -2.11. The molecule has 0 atom stereocenters. The summed E-state index contributed by atoms with van der Waals surface area (Å²) in [6.07, 6.45) is 0. The minimum atomic E-state index is -0.370. The summed E-state index contributed by atoms with van der Waals surface area (Å²) in [4.78, 5) is 25.0. The zero-order valence-electron chi connectivity index (χ0n) is 17.7. The molecule has 13 heteroatoms. The molecule has 0 aliphatic rings. The van der Waals surface area contributed by atoms with Crippen molar-refractivity contribution in [1.82, 2.24) is 30.3 Å². The highest BCUT2D eigenvalue weighted by molar-refractivity contribution is 7.99.